The van der Waals surface area contributed by atoms with Crippen molar-refractivity contribution in [2.24, 2.45) is 0 Å². The number of fused-ring (bicyclic) bond motifs is 1. The number of nitrogens with one attached hydrogen (secondary N) is 2. The lowest BCUT2D eigenvalue weighted by Gasteiger charge is -2.24. The number of hydrogen-bond acceptors (Lipinski definition) is 7. The SMILES string of the molecule is O=C(O[C@H](C(=O)NNC(=O)c1cccc2ccccc12)[C@@H](OC(=O)c1cccc(C(F)(F)F)c1)C(=O)O)c1cccc(C(F)(F)F)c1. The number of ether oxygens (including phenoxy) is 2. The van der Waals surface area contributed by atoms with Gasteiger partial charge in [0.2, 0.25) is 12.2 Å². The Balaban J connectivity index is 1.64. The van der Waals surface area contributed by atoms with E-state index in [-0.39, 0.29) is 5.56 Å². The molecule has 4 rings (SSSR count). The molecule has 0 saturated heterocycles. The van der Waals surface area contributed by atoms with Crippen molar-refractivity contribution in [2.75, 3.05) is 0 Å². The lowest BCUT2D eigenvalue weighted by atomic mass is 10.0. The molecule has 244 valence electrons. The molecule has 16 heteroatoms. The summed E-state index contributed by atoms with van der Waals surface area (Å²) >= 11 is 0. The monoisotopic (exact) mass is 662 g/mol. The highest BCUT2D eigenvalue weighted by molar-refractivity contribution is 6.07. The van der Waals surface area contributed by atoms with Crippen molar-refractivity contribution in [3.05, 3.63) is 119 Å². The second-order valence-corrected chi connectivity index (χ2v) is 9.62. The Hall–Kier alpha value is -5.93. The summed E-state index contributed by atoms with van der Waals surface area (Å²) < 4.78 is 88.8. The first-order valence-corrected chi connectivity index (χ1v) is 13.1. The fourth-order valence-electron chi connectivity index (χ4n) is 4.19. The van der Waals surface area contributed by atoms with Crippen LogP contribution in [0.15, 0.2) is 91.0 Å². The Morgan fingerprint density at radius 2 is 1.11 bits per heavy atom. The second kappa shape index (κ2) is 13.6. The Morgan fingerprint density at radius 3 is 1.64 bits per heavy atom. The van der Waals surface area contributed by atoms with Crippen LogP contribution < -0.4 is 10.9 Å². The zero-order valence-electron chi connectivity index (χ0n) is 23.4. The Labute approximate surface area is 259 Å². The van der Waals surface area contributed by atoms with Crippen LogP contribution >= 0.6 is 0 Å². The highest BCUT2D eigenvalue weighted by atomic mass is 19.4. The molecule has 2 amide bonds. The molecule has 0 aliphatic carbocycles. The van der Waals surface area contributed by atoms with Crippen LogP contribution in [0.4, 0.5) is 26.3 Å². The van der Waals surface area contributed by atoms with Crippen LogP contribution in [0.3, 0.4) is 0 Å². The van der Waals surface area contributed by atoms with Crippen molar-refractivity contribution in [2.45, 2.75) is 24.6 Å². The van der Waals surface area contributed by atoms with Crippen molar-refractivity contribution in [3.63, 3.8) is 0 Å². The van der Waals surface area contributed by atoms with E-state index in [2.05, 4.69) is 0 Å². The number of aliphatic carboxylic acids is 1. The van der Waals surface area contributed by atoms with E-state index in [1.807, 2.05) is 10.9 Å². The number of alkyl halides is 6. The van der Waals surface area contributed by atoms with Gasteiger partial charge in [0, 0.05) is 5.56 Å². The Bertz CT molecular complexity index is 1850. The van der Waals surface area contributed by atoms with E-state index in [1.54, 1.807) is 30.3 Å². The molecule has 0 radical (unpaired) electrons. The van der Waals surface area contributed by atoms with Gasteiger partial charge in [0.1, 0.15) is 0 Å². The van der Waals surface area contributed by atoms with Crippen LogP contribution in [-0.2, 0) is 31.4 Å². The molecule has 4 aromatic carbocycles. The molecule has 0 fully saturated rings. The molecule has 4 aromatic rings. The van der Waals surface area contributed by atoms with Gasteiger partial charge >= 0.3 is 30.3 Å². The van der Waals surface area contributed by atoms with Gasteiger partial charge in [0.25, 0.3) is 11.8 Å². The molecule has 0 aromatic heterocycles. The number of halogens is 6. The maximum absolute atomic E-state index is 13.2. The van der Waals surface area contributed by atoms with E-state index in [0.717, 1.165) is 24.3 Å². The fraction of sp³-hybridized carbons (Fsp3) is 0.129. The van der Waals surface area contributed by atoms with Crippen LogP contribution in [-0.4, -0.2) is 47.0 Å². The van der Waals surface area contributed by atoms with E-state index in [0.29, 0.717) is 35.0 Å². The van der Waals surface area contributed by atoms with Crippen molar-refractivity contribution in [1.82, 2.24) is 10.9 Å². The number of esters is 2. The van der Waals surface area contributed by atoms with E-state index in [1.165, 1.54) is 12.1 Å². The molecule has 0 bridgehead atoms. The predicted octanol–water partition coefficient (Wildman–Crippen LogP) is 5.17. The first kappa shape index (κ1) is 34.0. The van der Waals surface area contributed by atoms with E-state index < -0.39 is 76.5 Å². The predicted molar refractivity (Wildman–Crippen MR) is 148 cm³/mol. The maximum atomic E-state index is 13.2. The number of carbonyl (C=O) groups is 5. The van der Waals surface area contributed by atoms with E-state index in [4.69, 9.17) is 9.47 Å². The van der Waals surface area contributed by atoms with Gasteiger partial charge in [-0.25, -0.2) is 14.4 Å². The van der Waals surface area contributed by atoms with Crippen LogP contribution in [0.2, 0.25) is 0 Å². The summed E-state index contributed by atoms with van der Waals surface area (Å²) in [4.78, 5) is 63.9. The largest absolute Gasteiger partial charge is 0.478 e. The maximum Gasteiger partial charge on any atom is 0.416 e. The topological polar surface area (TPSA) is 148 Å². The first-order valence-electron chi connectivity index (χ1n) is 13.1. The molecule has 0 unspecified atom stereocenters. The molecular formula is C31H20F6N2O8. The molecule has 47 heavy (non-hydrogen) atoms. The summed E-state index contributed by atoms with van der Waals surface area (Å²) in [7, 11) is 0. The third kappa shape index (κ3) is 8.22. The highest BCUT2D eigenvalue weighted by Crippen LogP contribution is 2.31. The molecule has 0 aliphatic heterocycles. The number of rotatable bonds is 8. The standard InChI is InChI=1S/C31H20F6N2O8/c32-30(33,34)19-10-3-8-17(14-19)28(44)46-23(24(27(42)43)47-29(45)18-9-4-11-20(15-18)31(35,36)37)26(41)39-38-25(40)22-13-5-7-16-6-1-2-12-21(16)22/h1-15,23-24H,(H,38,40)(H,39,41)(H,42,43)/t23-,24+/m0/s1. The molecule has 0 heterocycles. The normalized spacial score (nSPS) is 12.8. The molecule has 0 aliphatic rings. The number of amides is 2. The number of carboxylic acid groups (broad SMARTS) is 1. The van der Waals surface area contributed by atoms with E-state index >= 15 is 0 Å². The quantitative estimate of drug-likeness (QED) is 0.133. The van der Waals surface area contributed by atoms with Crippen LogP contribution in [0.5, 0.6) is 0 Å². The van der Waals surface area contributed by atoms with Crippen molar-refractivity contribution >= 4 is 40.5 Å². The van der Waals surface area contributed by atoms with Gasteiger partial charge in [0.15, 0.2) is 0 Å². The van der Waals surface area contributed by atoms with Gasteiger partial charge in [-0.05, 0) is 53.2 Å². The van der Waals surface area contributed by atoms with Crippen LogP contribution in [0, 0.1) is 0 Å². The van der Waals surface area contributed by atoms with Gasteiger partial charge in [-0.3, -0.25) is 20.4 Å². The molecule has 2 atom stereocenters. The minimum atomic E-state index is -4.91. The summed E-state index contributed by atoms with van der Waals surface area (Å²) in [6.45, 7) is 0. The number of hydrazine groups is 1. The van der Waals surface area contributed by atoms with Crippen LogP contribution in [0.1, 0.15) is 42.2 Å². The first-order chi connectivity index (χ1) is 22.1. The average molecular weight is 662 g/mol. The summed E-state index contributed by atoms with van der Waals surface area (Å²) in [6.07, 6.45) is -15.3. The van der Waals surface area contributed by atoms with Gasteiger partial charge < -0.3 is 14.6 Å². The van der Waals surface area contributed by atoms with Crippen molar-refractivity contribution in [1.29, 1.82) is 0 Å². The molecule has 0 spiro atoms. The third-order valence-electron chi connectivity index (χ3n) is 6.43. The third-order valence-corrected chi connectivity index (χ3v) is 6.43. The van der Waals surface area contributed by atoms with Crippen molar-refractivity contribution in [3.8, 4) is 0 Å². The number of carbonyl (C=O) groups excluding carboxylic acids is 4. The molecule has 3 N–H and O–H groups in total. The van der Waals surface area contributed by atoms with Crippen molar-refractivity contribution < 1.29 is 64.9 Å². The van der Waals surface area contributed by atoms with Gasteiger partial charge in [-0.15, -0.1) is 0 Å². The molecular weight excluding hydrogens is 642 g/mol. The minimum absolute atomic E-state index is 0.0340. The summed E-state index contributed by atoms with van der Waals surface area (Å²) in [5.41, 5.74) is -0.387. The zero-order chi connectivity index (χ0) is 34.5. The smallest absolute Gasteiger partial charge is 0.416 e. The summed E-state index contributed by atoms with van der Waals surface area (Å²) in [5.74, 6) is -8.11. The second-order valence-electron chi connectivity index (χ2n) is 9.62. The van der Waals surface area contributed by atoms with Gasteiger partial charge in [-0.2, -0.15) is 26.3 Å². The molecule has 0 saturated carbocycles. The lowest BCUT2D eigenvalue weighted by molar-refractivity contribution is -0.159. The molecule has 10 nitrogen and oxygen atoms in total. The fourth-order valence-corrected chi connectivity index (χ4v) is 4.19. The minimum Gasteiger partial charge on any atom is -0.478 e. The lowest BCUT2D eigenvalue weighted by Crippen LogP contribution is -2.54. The highest BCUT2D eigenvalue weighted by Gasteiger charge is 2.42. The van der Waals surface area contributed by atoms with Crippen LogP contribution in [0.25, 0.3) is 10.8 Å². The Kier molecular flexibility index (Phi) is 9.82. The number of benzene rings is 4. The summed E-state index contributed by atoms with van der Waals surface area (Å²) in [5, 5.41) is 10.9. The summed E-state index contributed by atoms with van der Waals surface area (Å²) in [6, 6.07) is 16.4. The number of hydrogen-bond donors (Lipinski definition) is 3. The average Bonchev–Trinajstić information content (AvgIpc) is 3.03. The number of carboxylic acids is 1. The Morgan fingerprint density at radius 1 is 0.617 bits per heavy atom. The van der Waals surface area contributed by atoms with Gasteiger partial charge in [0.05, 0.1) is 22.3 Å². The van der Waals surface area contributed by atoms with E-state index in [9.17, 15) is 55.4 Å². The zero-order valence-corrected chi connectivity index (χ0v) is 23.4. The van der Waals surface area contributed by atoms with Gasteiger partial charge in [-0.1, -0.05) is 48.5 Å².